The van der Waals surface area contributed by atoms with Crippen LogP contribution in [0.2, 0.25) is 0 Å². The first-order valence-corrected chi connectivity index (χ1v) is 8.58. The molecular formula is C12H27O7P. The fourth-order valence-corrected chi connectivity index (χ4v) is 1.53. The Hall–Kier alpha value is -0.0100. The maximum Gasteiger partial charge on any atom is 0.466 e. The number of phosphoric acid groups is 1. The molecule has 3 heterocycles. The molecule has 0 aromatic heterocycles. The second-order valence-corrected chi connectivity index (χ2v) is 5.50. The topological polar surface area (TPSA) is 105 Å². The molecule has 0 aromatic rings. The third kappa shape index (κ3) is 23.1. The molecule has 0 atom stereocenters. The maximum absolute atomic E-state index is 8.88. The standard InChI is InChI=1S/3C4H8O.H3O4P/c3*1-2-4-5-3-1;1-5(2,3)4/h3*1-4H2;(H3,1,2,3,4). The van der Waals surface area contributed by atoms with Gasteiger partial charge in [0.1, 0.15) is 0 Å². The highest BCUT2D eigenvalue weighted by Gasteiger charge is 2.00. The number of ether oxygens (including phenoxy) is 3. The smallest absolute Gasteiger partial charge is 0.381 e. The zero-order valence-corrected chi connectivity index (χ0v) is 12.8. The summed E-state index contributed by atoms with van der Waals surface area (Å²) in [5.74, 6) is 0. The van der Waals surface area contributed by atoms with Gasteiger partial charge >= 0.3 is 7.82 Å². The normalized spacial score (nSPS) is 20.9. The van der Waals surface area contributed by atoms with E-state index in [1.54, 1.807) is 0 Å². The molecule has 3 N–H and O–H groups in total. The summed E-state index contributed by atoms with van der Waals surface area (Å²) in [5, 5.41) is 0. The summed E-state index contributed by atoms with van der Waals surface area (Å²) in [5.41, 5.74) is 0. The Balaban J connectivity index is 0.000000241. The van der Waals surface area contributed by atoms with Crippen LogP contribution in [-0.4, -0.2) is 54.3 Å². The fraction of sp³-hybridized carbons (Fsp3) is 1.00. The van der Waals surface area contributed by atoms with E-state index in [4.69, 9.17) is 33.5 Å². The van der Waals surface area contributed by atoms with E-state index >= 15 is 0 Å². The molecule has 3 rings (SSSR count). The third-order valence-corrected chi connectivity index (χ3v) is 2.48. The molecule has 0 bridgehead atoms. The molecule has 0 radical (unpaired) electrons. The molecule has 3 saturated heterocycles. The van der Waals surface area contributed by atoms with E-state index in [0.717, 1.165) is 39.6 Å². The van der Waals surface area contributed by atoms with Crippen molar-refractivity contribution in [1.82, 2.24) is 0 Å². The predicted octanol–water partition coefficient (Wildman–Crippen LogP) is 1.46. The van der Waals surface area contributed by atoms with Crippen LogP contribution in [0.1, 0.15) is 38.5 Å². The molecule has 0 aliphatic carbocycles. The van der Waals surface area contributed by atoms with Gasteiger partial charge in [0.25, 0.3) is 0 Å². The van der Waals surface area contributed by atoms with E-state index in [1.165, 1.54) is 38.5 Å². The Morgan fingerprint density at radius 2 is 0.700 bits per heavy atom. The Labute approximate surface area is 120 Å². The number of hydrogen-bond donors (Lipinski definition) is 3. The first-order chi connectivity index (χ1) is 9.50. The quantitative estimate of drug-likeness (QED) is 0.581. The van der Waals surface area contributed by atoms with Crippen LogP contribution in [0.4, 0.5) is 0 Å². The monoisotopic (exact) mass is 314 g/mol. The van der Waals surface area contributed by atoms with Crippen molar-refractivity contribution in [3.8, 4) is 0 Å². The lowest BCUT2D eigenvalue weighted by atomic mass is 10.4. The molecule has 0 aromatic carbocycles. The maximum atomic E-state index is 8.88. The molecule has 0 unspecified atom stereocenters. The van der Waals surface area contributed by atoms with Gasteiger partial charge in [-0.15, -0.1) is 0 Å². The molecule has 3 fully saturated rings. The zero-order chi connectivity index (χ0) is 15.1. The largest absolute Gasteiger partial charge is 0.466 e. The van der Waals surface area contributed by atoms with Crippen molar-refractivity contribution < 1.29 is 33.5 Å². The Bertz CT molecular complexity index is 177. The first-order valence-electron chi connectivity index (χ1n) is 7.01. The van der Waals surface area contributed by atoms with Crippen LogP contribution < -0.4 is 0 Å². The van der Waals surface area contributed by atoms with Crippen molar-refractivity contribution in [3.63, 3.8) is 0 Å². The van der Waals surface area contributed by atoms with Gasteiger partial charge in [-0.3, -0.25) is 0 Å². The average Bonchev–Trinajstić information content (AvgIpc) is 3.17. The minimum Gasteiger partial charge on any atom is -0.381 e. The summed E-state index contributed by atoms with van der Waals surface area (Å²) in [4.78, 5) is 21.6. The highest BCUT2D eigenvalue weighted by Crippen LogP contribution is 2.25. The van der Waals surface area contributed by atoms with Crippen LogP contribution in [0.5, 0.6) is 0 Å². The van der Waals surface area contributed by atoms with Gasteiger partial charge < -0.3 is 28.9 Å². The zero-order valence-electron chi connectivity index (χ0n) is 11.9. The van der Waals surface area contributed by atoms with Gasteiger partial charge in [0, 0.05) is 39.6 Å². The summed E-state index contributed by atoms with van der Waals surface area (Å²) in [6, 6.07) is 0. The minimum absolute atomic E-state index is 1.00. The minimum atomic E-state index is -4.64. The van der Waals surface area contributed by atoms with Crippen LogP contribution in [0.3, 0.4) is 0 Å². The Kier molecular flexibility index (Phi) is 13.9. The van der Waals surface area contributed by atoms with E-state index in [0.29, 0.717) is 0 Å². The number of hydrogen-bond acceptors (Lipinski definition) is 4. The molecule has 0 saturated carbocycles. The molecule has 20 heavy (non-hydrogen) atoms. The summed E-state index contributed by atoms with van der Waals surface area (Å²) < 4.78 is 23.7. The number of rotatable bonds is 0. The van der Waals surface area contributed by atoms with E-state index < -0.39 is 7.82 Å². The molecule has 3 aliphatic rings. The molecule has 8 heteroatoms. The Morgan fingerprint density at radius 3 is 0.750 bits per heavy atom. The second-order valence-electron chi connectivity index (χ2n) is 4.47. The van der Waals surface area contributed by atoms with Crippen molar-refractivity contribution in [1.29, 1.82) is 0 Å². The summed E-state index contributed by atoms with van der Waals surface area (Å²) in [6.45, 7) is 6.00. The summed E-state index contributed by atoms with van der Waals surface area (Å²) in [6.07, 6.45) is 7.67. The van der Waals surface area contributed by atoms with Crippen LogP contribution >= 0.6 is 7.82 Å². The lowest BCUT2D eigenvalue weighted by molar-refractivity contribution is 0.198. The second kappa shape index (κ2) is 13.9. The van der Waals surface area contributed by atoms with Crippen molar-refractivity contribution in [2.75, 3.05) is 39.6 Å². The van der Waals surface area contributed by atoms with Gasteiger partial charge in [0.15, 0.2) is 0 Å². The van der Waals surface area contributed by atoms with Crippen molar-refractivity contribution in [2.45, 2.75) is 38.5 Å². The fourth-order valence-electron chi connectivity index (χ4n) is 1.53. The SMILES string of the molecule is C1CCOC1.C1CCOC1.C1CCOC1.O=P(O)(O)O. The first kappa shape index (κ1) is 20.0. The molecule has 7 nitrogen and oxygen atoms in total. The van der Waals surface area contributed by atoms with Crippen LogP contribution in [0.15, 0.2) is 0 Å². The molecule has 0 spiro atoms. The van der Waals surface area contributed by atoms with Crippen molar-refractivity contribution >= 4 is 7.82 Å². The average molecular weight is 314 g/mol. The molecule has 122 valence electrons. The van der Waals surface area contributed by atoms with Crippen molar-refractivity contribution in [2.24, 2.45) is 0 Å². The summed E-state index contributed by atoms with van der Waals surface area (Å²) in [7, 11) is -4.64. The van der Waals surface area contributed by atoms with Crippen LogP contribution in [0.25, 0.3) is 0 Å². The van der Waals surface area contributed by atoms with Gasteiger partial charge in [-0.2, -0.15) is 0 Å². The molecular weight excluding hydrogens is 287 g/mol. The molecule has 0 amide bonds. The van der Waals surface area contributed by atoms with E-state index in [-0.39, 0.29) is 0 Å². The van der Waals surface area contributed by atoms with E-state index in [9.17, 15) is 0 Å². The van der Waals surface area contributed by atoms with Gasteiger partial charge in [-0.1, -0.05) is 0 Å². The van der Waals surface area contributed by atoms with Crippen molar-refractivity contribution in [3.05, 3.63) is 0 Å². The lowest BCUT2D eigenvalue weighted by Gasteiger charge is -1.82. The van der Waals surface area contributed by atoms with Crippen LogP contribution in [-0.2, 0) is 18.8 Å². The van der Waals surface area contributed by atoms with E-state index in [2.05, 4.69) is 0 Å². The summed E-state index contributed by atoms with van der Waals surface area (Å²) >= 11 is 0. The highest BCUT2D eigenvalue weighted by atomic mass is 31.2. The lowest BCUT2D eigenvalue weighted by Crippen LogP contribution is -1.74. The Morgan fingerprint density at radius 1 is 0.550 bits per heavy atom. The molecule has 3 aliphatic heterocycles. The van der Waals surface area contributed by atoms with E-state index in [1.807, 2.05) is 0 Å². The van der Waals surface area contributed by atoms with Gasteiger partial charge in [0.2, 0.25) is 0 Å². The van der Waals surface area contributed by atoms with Gasteiger partial charge in [0.05, 0.1) is 0 Å². The van der Waals surface area contributed by atoms with Crippen LogP contribution in [0, 0.1) is 0 Å². The third-order valence-electron chi connectivity index (χ3n) is 2.48. The highest BCUT2D eigenvalue weighted by molar-refractivity contribution is 7.45. The van der Waals surface area contributed by atoms with Gasteiger partial charge in [-0.05, 0) is 38.5 Å². The predicted molar refractivity (Wildman–Crippen MR) is 74.4 cm³/mol. The van der Waals surface area contributed by atoms with Gasteiger partial charge in [-0.25, -0.2) is 4.57 Å².